The Morgan fingerprint density at radius 2 is 2.00 bits per heavy atom. The molecule has 1 unspecified atom stereocenters. The monoisotopic (exact) mass is 297 g/mol. The average Bonchev–Trinajstić information content (AvgIpc) is 2.49. The van der Waals surface area contributed by atoms with Crippen LogP contribution in [0.4, 0.5) is 17.1 Å². The molecule has 0 aliphatic carbocycles. The van der Waals surface area contributed by atoms with Gasteiger partial charge < -0.3 is 20.9 Å². The molecule has 0 bridgehead atoms. The third-order valence-electron chi connectivity index (χ3n) is 3.32. The van der Waals surface area contributed by atoms with E-state index in [0.717, 1.165) is 5.69 Å². The molecule has 0 amide bonds. The van der Waals surface area contributed by atoms with Crippen LogP contribution in [0.25, 0.3) is 0 Å². The van der Waals surface area contributed by atoms with E-state index in [1.165, 1.54) is 12.1 Å². The van der Waals surface area contributed by atoms with Crippen LogP contribution < -0.4 is 15.8 Å². The molecule has 6 nitrogen and oxygen atoms in total. The summed E-state index contributed by atoms with van der Waals surface area (Å²) >= 11 is 0. The fourth-order valence-corrected chi connectivity index (χ4v) is 2.16. The van der Waals surface area contributed by atoms with E-state index < -0.39 is 5.97 Å². The number of rotatable bonds is 2. The second-order valence-corrected chi connectivity index (χ2v) is 4.99. The van der Waals surface area contributed by atoms with Crippen LogP contribution in [-0.2, 0) is 0 Å². The van der Waals surface area contributed by atoms with E-state index in [4.69, 9.17) is 15.6 Å². The Bertz CT molecular complexity index is 754. The van der Waals surface area contributed by atoms with Crippen LogP contribution in [0.2, 0.25) is 0 Å². The highest BCUT2D eigenvalue weighted by atomic mass is 16.5. The summed E-state index contributed by atoms with van der Waals surface area (Å²) in [5, 5.41) is 12.0. The average molecular weight is 297 g/mol. The molecule has 1 heterocycles. The molecule has 0 aromatic heterocycles. The van der Waals surface area contributed by atoms with E-state index in [0.29, 0.717) is 23.0 Å². The summed E-state index contributed by atoms with van der Waals surface area (Å²) in [7, 11) is 0. The topological polar surface area (TPSA) is 96.9 Å². The van der Waals surface area contributed by atoms with Crippen molar-refractivity contribution in [2.24, 2.45) is 4.99 Å². The van der Waals surface area contributed by atoms with Crippen molar-refractivity contribution in [3.8, 4) is 5.75 Å². The molecule has 0 saturated heterocycles. The van der Waals surface area contributed by atoms with E-state index in [1.54, 1.807) is 30.3 Å². The van der Waals surface area contributed by atoms with Gasteiger partial charge in [0.05, 0.1) is 5.56 Å². The van der Waals surface area contributed by atoms with E-state index >= 15 is 0 Å². The second kappa shape index (κ2) is 5.40. The van der Waals surface area contributed by atoms with Crippen LogP contribution in [0.5, 0.6) is 5.75 Å². The molecule has 1 aliphatic heterocycles. The lowest BCUT2D eigenvalue weighted by Gasteiger charge is -2.24. The van der Waals surface area contributed by atoms with Gasteiger partial charge in [0, 0.05) is 11.4 Å². The minimum atomic E-state index is -0.956. The predicted molar refractivity (Wildman–Crippen MR) is 85.1 cm³/mol. The van der Waals surface area contributed by atoms with E-state index in [-0.39, 0.29) is 11.7 Å². The highest BCUT2D eigenvalue weighted by molar-refractivity contribution is 6.02. The van der Waals surface area contributed by atoms with Crippen molar-refractivity contribution in [2.45, 2.75) is 13.0 Å². The van der Waals surface area contributed by atoms with Crippen molar-refractivity contribution in [2.75, 3.05) is 11.1 Å². The number of carbonyl (C=O) groups is 1. The van der Waals surface area contributed by atoms with Gasteiger partial charge in [-0.15, -0.1) is 0 Å². The predicted octanol–water partition coefficient (Wildman–Crippen LogP) is 2.89. The quantitative estimate of drug-likeness (QED) is 0.740. The van der Waals surface area contributed by atoms with Crippen LogP contribution in [0.3, 0.4) is 0 Å². The van der Waals surface area contributed by atoms with Gasteiger partial charge in [0.1, 0.15) is 17.3 Å². The molecule has 1 atom stereocenters. The molecule has 0 saturated carbocycles. The van der Waals surface area contributed by atoms with Gasteiger partial charge in [0.15, 0.2) is 6.10 Å². The van der Waals surface area contributed by atoms with E-state index in [2.05, 4.69) is 10.3 Å². The Balaban J connectivity index is 1.86. The van der Waals surface area contributed by atoms with Gasteiger partial charge >= 0.3 is 5.97 Å². The molecule has 4 N–H and O–H groups in total. The van der Waals surface area contributed by atoms with Crippen molar-refractivity contribution in [3.05, 3.63) is 48.0 Å². The normalized spacial score (nSPS) is 16.2. The lowest BCUT2D eigenvalue weighted by molar-refractivity contribution is 0.0697. The highest BCUT2D eigenvalue weighted by Gasteiger charge is 2.20. The zero-order chi connectivity index (χ0) is 15.7. The summed E-state index contributed by atoms with van der Waals surface area (Å²) in [6, 6.07) is 11.8. The molecule has 2 aromatic carbocycles. The lowest BCUT2D eigenvalue weighted by Crippen LogP contribution is -2.32. The summed E-state index contributed by atoms with van der Waals surface area (Å²) in [5.41, 5.74) is 8.02. The standard InChI is InChI=1S/C16H15N3O3/c1-9-15(18-12-5-2-10(3-6-12)16(20)21)19-13-8-11(17)4-7-14(13)22-9/h2-9H,17H2,1H3,(H,18,19)(H,20,21). The molecule has 1 aliphatic rings. The number of nitrogens with zero attached hydrogens (tertiary/aromatic N) is 1. The smallest absolute Gasteiger partial charge is 0.335 e. The van der Waals surface area contributed by atoms with Gasteiger partial charge in [-0.25, -0.2) is 9.79 Å². The maximum absolute atomic E-state index is 10.8. The number of nitrogen functional groups attached to an aromatic ring is 1. The lowest BCUT2D eigenvalue weighted by atomic mass is 10.2. The third kappa shape index (κ3) is 2.71. The van der Waals surface area contributed by atoms with Crippen molar-refractivity contribution >= 4 is 28.9 Å². The van der Waals surface area contributed by atoms with Gasteiger partial charge in [-0.05, 0) is 49.4 Å². The molecule has 112 valence electrons. The van der Waals surface area contributed by atoms with Crippen LogP contribution in [0.1, 0.15) is 17.3 Å². The first-order chi connectivity index (χ1) is 10.5. The number of aliphatic imine (C=N–C) groups is 1. The summed E-state index contributed by atoms with van der Waals surface area (Å²) in [6.45, 7) is 1.89. The van der Waals surface area contributed by atoms with Crippen LogP contribution in [0.15, 0.2) is 47.5 Å². The number of fused-ring (bicyclic) bond motifs is 1. The number of amidine groups is 1. The third-order valence-corrected chi connectivity index (χ3v) is 3.32. The Hall–Kier alpha value is -3.02. The SMILES string of the molecule is CC1Oc2ccc(N)cc2N=C1Nc1ccc(C(=O)O)cc1. The maximum Gasteiger partial charge on any atom is 0.335 e. The molecule has 0 spiro atoms. The zero-order valence-corrected chi connectivity index (χ0v) is 11.9. The van der Waals surface area contributed by atoms with Gasteiger partial charge in [0.25, 0.3) is 0 Å². The maximum atomic E-state index is 10.8. The van der Waals surface area contributed by atoms with E-state index in [1.807, 2.05) is 6.92 Å². The first-order valence-electron chi connectivity index (χ1n) is 6.78. The molecule has 22 heavy (non-hydrogen) atoms. The Morgan fingerprint density at radius 1 is 1.27 bits per heavy atom. The fourth-order valence-electron chi connectivity index (χ4n) is 2.16. The van der Waals surface area contributed by atoms with Gasteiger partial charge in [-0.2, -0.15) is 0 Å². The molecule has 3 rings (SSSR count). The highest BCUT2D eigenvalue weighted by Crippen LogP contribution is 2.34. The minimum Gasteiger partial charge on any atom is -0.481 e. The molecule has 2 aromatic rings. The largest absolute Gasteiger partial charge is 0.481 e. The van der Waals surface area contributed by atoms with Crippen molar-refractivity contribution in [3.63, 3.8) is 0 Å². The summed E-state index contributed by atoms with van der Waals surface area (Å²) < 4.78 is 5.79. The zero-order valence-electron chi connectivity index (χ0n) is 11.9. The molecule has 6 heteroatoms. The van der Waals surface area contributed by atoms with Gasteiger partial charge in [-0.3, -0.25) is 0 Å². The van der Waals surface area contributed by atoms with Crippen molar-refractivity contribution in [1.29, 1.82) is 0 Å². The van der Waals surface area contributed by atoms with Gasteiger partial charge in [-0.1, -0.05) is 0 Å². The number of benzene rings is 2. The second-order valence-electron chi connectivity index (χ2n) is 4.99. The van der Waals surface area contributed by atoms with Crippen LogP contribution in [-0.4, -0.2) is 23.0 Å². The Kier molecular flexibility index (Phi) is 3.42. The number of carboxylic acid groups (broad SMARTS) is 1. The van der Waals surface area contributed by atoms with Crippen LogP contribution >= 0.6 is 0 Å². The molecule has 0 radical (unpaired) electrons. The van der Waals surface area contributed by atoms with Crippen LogP contribution in [0, 0.1) is 0 Å². The number of anilines is 2. The Labute approximate surface area is 127 Å². The molecular formula is C16H15N3O3. The number of ether oxygens (including phenoxy) is 1. The number of nitrogens with one attached hydrogen (secondary N) is 1. The number of carboxylic acids is 1. The summed E-state index contributed by atoms with van der Waals surface area (Å²) in [6.07, 6.45) is -0.240. The fraction of sp³-hybridized carbons (Fsp3) is 0.125. The summed E-state index contributed by atoms with van der Waals surface area (Å²) in [5.74, 6) is 0.373. The summed E-state index contributed by atoms with van der Waals surface area (Å²) in [4.78, 5) is 15.4. The molecular weight excluding hydrogens is 282 g/mol. The number of aromatic carboxylic acids is 1. The van der Waals surface area contributed by atoms with Crippen molar-refractivity contribution < 1.29 is 14.6 Å². The van der Waals surface area contributed by atoms with Gasteiger partial charge in [0.2, 0.25) is 0 Å². The minimum absolute atomic E-state index is 0.235. The first kappa shape index (κ1) is 13.9. The number of nitrogens with two attached hydrogens (primary N) is 1. The number of hydrogen-bond acceptors (Lipinski definition) is 5. The first-order valence-corrected chi connectivity index (χ1v) is 6.78. The molecule has 0 fully saturated rings. The van der Waals surface area contributed by atoms with E-state index in [9.17, 15) is 4.79 Å². The Morgan fingerprint density at radius 3 is 2.68 bits per heavy atom. The number of hydrogen-bond donors (Lipinski definition) is 3. The van der Waals surface area contributed by atoms with Crippen molar-refractivity contribution in [1.82, 2.24) is 0 Å².